The van der Waals surface area contributed by atoms with Crippen LogP contribution in [-0.4, -0.2) is 46.2 Å². The maximum absolute atomic E-state index is 13.7. The minimum atomic E-state index is -0.504. The minimum Gasteiger partial charge on any atom is -0.330 e. The van der Waals surface area contributed by atoms with Crippen LogP contribution in [0.2, 0.25) is 5.02 Å². The molecule has 1 atom stereocenters. The van der Waals surface area contributed by atoms with Crippen LogP contribution in [-0.2, 0) is 11.2 Å². The monoisotopic (exact) mass is 511 g/mol. The van der Waals surface area contributed by atoms with Crippen molar-refractivity contribution in [2.45, 2.75) is 26.3 Å². The van der Waals surface area contributed by atoms with Gasteiger partial charge < -0.3 is 9.80 Å². The number of benzene rings is 2. The highest BCUT2D eigenvalue weighted by atomic mass is 35.5. The number of nitro groups is 1. The average Bonchev–Trinajstić information content (AvgIpc) is 3.32. The molecule has 35 heavy (non-hydrogen) atoms. The quantitative estimate of drug-likeness (QED) is 0.306. The summed E-state index contributed by atoms with van der Waals surface area (Å²) in [5.41, 5.74) is 2.31. The van der Waals surface area contributed by atoms with E-state index in [1.807, 2.05) is 48.4 Å². The summed E-state index contributed by atoms with van der Waals surface area (Å²) in [6, 6.07) is 14.8. The van der Waals surface area contributed by atoms with E-state index in [0.29, 0.717) is 23.7 Å². The first-order chi connectivity index (χ1) is 16.7. The summed E-state index contributed by atoms with van der Waals surface area (Å²) < 4.78 is 0. The molecule has 0 saturated heterocycles. The van der Waals surface area contributed by atoms with Gasteiger partial charge in [0, 0.05) is 40.7 Å². The number of amides is 2. The van der Waals surface area contributed by atoms with Crippen molar-refractivity contribution in [2.75, 3.05) is 19.6 Å². The Bertz CT molecular complexity index is 1220. The van der Waals surface area contributed by atoms with E-state index in [1.165, 1.54) is 34.0 Å². The summed E-state index contributed by atoms with van der Waals surface area (Å²) in [5.74, 6) is -0.322. The lowest BCUT2D eigenvalue weighted by Crippen LogP contribution is -2.47. The van der Waals surface area contributed by atoms with E-state index in [4.69, 9.17) is 11.6 Å². The summed E-state index contributed by atoms with van der Waals surface area (Å²) in [7, 11) is 0. The summed E-state index contributed by atoms with van der Waals surface area (Å²) in [6.45, 7) is 4.84. The second-order valence-corrected chi connectivity index (χ2v) is 10.4. The van der Waals surface area contributed by atoms with Gasteiger partial charge in [-0.1, -0.05) is 37.6 Å². The largest absolute Gasteiger partial charge is 0.330 e. The van der Waals surface area contributed by atoms with Gasteiger partial charge in [0.1, 0.15) is 6.54 Å². The Balaban J connectivity index is 1.60. The Kier molecular flexibility index (Phi) is 7.52. The van der Waals surface area contributed by atoms with Crippen molar-refractivity contribution in [3.63, 3.8) is 0 Å². The van der Waals surface area contributed by atoms with Crippen molar-refractivity contribution in [2.24, 2.45) is 5.92 Å². The van der Waals surface area contributed by atoms with Crippen LogP contribution < -0.4 is 0 Å². The zero-order valence-electron chi connectivity index (χ0n) is 19.5. The van der Waals surface area contributed by atoms with Crippen LogP contribution in [0.4, 0.5) is 5.69 Å². The summed E-state index contributed by atoms with van der Waals surface area (Å²) in [4.78, 5) is 42.1. The van der Waals surface area contributed by atoms with E-state index in [-0.39, 0.29) is 36.0 Å². The van der Waals surface area contributed by atoms with Gasteiger partial charge in [-0.3, -0.25) is 19.7 Å². The van der Waals surface area contributed by atoms with Gasteiger partial charge in [0.05, 0.1) is 11.0 Å². The highest BCUT2D eigenvalue weighted by Crippen LogP contribution is 2.38. The number of hydrogen-bond donors (Lipinski definition) is 0. The van der Waals surface area contributed by atoms with E-state index in [0.717, 1.165) is 17.5 Å². The van der Waals surface area contributed by atoms with Gasteiger partial charge in [0.2, 0.25) is 5.91 Å². The minimum absolute atomic E-state index is 0.0719. The molecule has 9 heteroatoms. The zero-order chi connectivity index (χ0) is 25.1. The Morgan fingerprint density at radius 1 is 1.14 bits per heavy atom. The van der Waals surface area contributed by atoms with Gasteiger partial charge in [-0.05, 0) is 59.2 Å². The molecule has 182 valence electrons. The number of carbonyl (C=O) groups is 2. The topological polar surface area (TPSA) is 83.8 Å². The predicted molar refractivity (Wildman–Crippen MR) is 137 cm³/mol. The van der Waals surface area contributed by atoms with Crippen LogP contribution in [0, 0.1) is 16.0 Å². The molecule has 0 aliphatic carbocycles. The Morgan fingerprint density at radius 2 is 1.83 bits per heavy atom. The number of fused-ring (bicyclic) bond motifs is 1. The van der Waals surface area contributed by atoms with E-state index in [1.54, 1.807) is 11.3 Å². The number of halogens is 1. The van der Waals surface area contributed by atoms with Crippen molar-refractivity contribution in [3.8, 4) is 0 Å². The Hall–Kier alpha value is -3.23. The van der Waals surface area contributed by atoms with Crippen LogP contribution in [0.1, 0.15) is 46.3 Å². The predicted octanol–water partition coefficient (Wildman–Crippen LogP) is 5.58. The second-order valence-electron chi connectivity index (χ2n) is 8.97. The highest BCUT2D eigenvalue weighted by Gasteiger charge is 2.34. The third-order valence-electron chi connectivity index (χ3n) is 6.00. The SMILES string of the molecule is CC(C)CN(CC(=O)N1CCc2sccc2C1c1ccc(Cl)cc1)C(=O)c1ccc([N+](=O)[O-])cc1. The highest BCUT2D eigenvalue weighted by molar-refractivity contribution is 7.10. The number of nitrogens with zero attached hydrogens (tertiary/aromatic N) is 3. The molecule has 0 spiro atoms. The molecule has 1 aromatic heterocycles. The van der Waals surface area contributed by atoms with Crippen molar-refractivity contribution in [3.05, 3.63) is 96.7 Å². The molecule has 2 heterocycles. The number of hydrogen-bond acceptors (Lipinski definition) is 5. The van der Waals surface area contributed by atoms with Gasteiger partial charge in [0.15, 0.2) is 0 Å². The van der Waals surface area contributed by atoms with E-state index >= 15 is 0 Å². The van der Waals surface area contributed by atoms with Crippen molar-refractivity contribution >= 4 is 40.4 Å². The van der Waals surface area contributed by atoms with Gasteiger partial charge in [0.25, 0.3) is 11.6 Å². The van der Waals surface area contributed by atoms with Crippen molar-refractivity contribution in [1.29, 1.82) is 0 Å². The van der Waals surface area contributed by atoms with Gasteiger partial charge in [-0.2, -0.15) is 0 Å². The average molecular weight is 512 g/mol. The summed E-state index contributed by atoms with van der Waals surface area (Å²) in [6.07, 6.45) is 0.767. The van der Waals surface area contributed by atoms with Gasteiger partial charge in [-0.15, -0.1) is 11.3 Å². The Labute approximate surface area is 213 Å². The number of non-ortho nitro benzene ring substituents is 1. The smallest absolute Gasteiger partial charge is 0.269 e. The molecule has 1 unspecified atom stereocenters. The number of carbonyl (C=O) groups excluding carboxylic acids is 2. The first-order valence-corrected chi connectivity index (χ1v) is 12.6. The molecule has 3 aromatic rings. The third kappa shape index (κ3) is 5.55. The van der Waals surface area contributed by atoms with Crippen LogP contribution in [0.3, 0.4) is 0 Å². The summed E-state index contributed by atoms with van der Waals surface area (Å²) >= 11 is 7.80. The van der Waals surface area contributed by atoms with Crippen LogP contribution in [0.25, 0.3) is 0 Å². The van der Waals surface area contributed by atoms with Crippen molar-refractivity contribution in [1.82, 2.24) is 9.80 Å². The van der Waals surface area contributed by atoms with Crippen molar-refractivity contribution < 1.29 is 14.5 Å². The van der Waals surface area contributed by atoms with Crippen LogP contribution >= 0.6 is 22.9 Å². The molecule has 7 nitrogen and oxygen atoms in total. The first-order valence-electron chi connectivity index (χ1n) is 11.4. The van der Waals surface area contributed by atoms with E-state index in [2.05, 4.69) is 6.07 Å². The fraction of sp³-hybridized carbons (Fsp3) is 0.308. The van der Waals surface area contributed by atoms with Crippen LogP contribution in [0.5, 0.6) is 0 Å². The fourth-order valence-electron chi connectivity index (χ4n) is 4.41. The van der Waals surface area contributed by atoms with E-state index in [9.17, 15) is 19.7 Å². The van der Waals surface area contributed by atoms with E-state index < -0.39 is 4.92 Å². The maximum Gasteiger partial charge on any atom is 0.269 e. The molecule has 2 aromatic carbocycles. The zero-order valence-corrected chi connectivity index (χ0v) is 21.1. The molecular weight excluding hydrogens is 486 g/mol. The number of rotatable bonds is 7. The lowest BCUT2D eigenvalue weighted by Gasteiger charge is -2.38. The lowest BCUT2D eigenvalue weighted by atomic mass is 9.93. The normalized spacial score (nSPS) is 15.1. The molecule has 1 aliphatic heterocycles. The van der Waals surface area contributed by atoms with Gasteiger partial charge >= 0.3 is 0 Å². The molecule has 2 amide bonds. The summed E-state index contributed by atoms with van der Waals surface area (Å²) in [5, 5.41) is 13.6. The fourth-order valence-corrected chi connectivity index (χ4v) is 5.44. The molecule has 0 radical (unpaired) electrons. The first kappa shape index (κ1) is 24.9. The molecule has 0 bridgehead atoms. The second kappa shape index (κ2) is 10.6. The number of nitro benzene ring substituents is 1. The Morgan fingerprint density at radius 3 is 2.46 bits per heavy atom. The third-order valence-corrected chi connectivity index (χ3v) is 7.24. The maximum atomic E-state index is 13.7. The number of thiophene rings is 1. The molecular formula is C26H26ClN3O4S. The van der Waals surface area contributed by atoms with Crippen LogP contribution in [0.15, 0.2) is 60.0 Å². The standard InChI is InChI=1S/C26H26ClN3O4S/c1-17(2)15-28(26(32)19-5-9-21(10-6-19)30(33)34)16-24(31)29-13-11-23-22(12-14-35-23)25(29)18-3-7-20(27)8-4-18/h3-10,12,14,17,25H,11,13,15-16H2,1-2H3. The molecule has 0 N–H and O–H groups in total. The molecule has 0 fully saturated rings. The van der Waals surface area contributed by atoms with Gasteiger partial charge in [-0.25, -0.2) is 0 Å². The molecule has 0 saturated carbocycles. The molecule has 4 rings (SSSR count). The lowest BCUT2D eigenvalue weighted by molar-refractivity contribution is -0.384. The molecule has 1 aliphatic rings.